The van der Waals surface area contributed by atoms with E-state index < -0.39 is 5.97 Å². The lowest BCUT2D eigenvalue weighted by atomic mass is 10.0. The van der Waals surface area contributed by atoms with Crippen molar-refractivity contribution in [3.63, 3.8) is 0 Å². The third kappa shape index (κ3) is 15.1. The second-order valence-electron chi connectivity index (χ2n) is 8.25. The van der Waals surface area contributed by atoms with Gasteiger partial charge in [0.1, 0.15) is 11.5 Å². The SMILES string of the molecule is C=CC(=O)Oc1ccc(OCCCCCCCCCCCCCCCCCC)cc1. The smallest absolute Gasteiger partial charge is 0.335 e. The molecule has 1 rings (SSSR count). The van der Waals surface area contributed by atoms with Crippen molar-refractivity contribution < 1.29 is 14.3 Å². The van der Waals surface area contributed by atoms with Gasteiger partial charge in [-0.3, -0.25) is 0 Å². The summed E-state index contributed by atoms with van der Waals surface area (Å²) in [6.45, 7) is 6.41. The first-order chi connectivity index (χ1) is 14.8. The number of esters is 1. The number of ether oxygens (including phenoxy) is 2. The number of carbonyl (C=O) groups is 1. The predicted molar refractivity (Wildman–Crippen MR) is 127 cm³/mol. The summed E-state index contributed by atoms with van der Waals surface area (Å²) in [5, 5.41) is 0. The molecule has 0 radical (unpaired) electrons. The Morgan fingerprint density at radius 2 is 1.10 bits per heavy atom. The van der Waals surface area contributed by atoms with E-state index in [0.29, 0.717) is 5.75 Å². The van der Waals surface area contributed by atoms with Gasteiger partial charge in [-0.2, -0.15) is 0 Å². The summed E-state index contributed by atoms with van der Waals surface area (Å²) in [6.07, 6.45) is 23.1. The van der Waals surface area contributed by atoms with Gasteiger partial charge in [0.2, 0.25) is 0 Å². The van der Waals surface area contributed by atoms with Crippen LogP contribution in [0.1, 0.15) is 110 Å². The molecule has 30 heavy (non-hydrogen) atoms. The van der Waals surface area contributed by atoms with Crippen LogP contribution in [0, 0.1) is 0 Å². The van der Waals surface area contributed by atoms with Crippen molar-refractivity contribution in [1.82, 2.24) is 0 Å². The summed E-state index contributed by atoms with van der Waals surface area (Å²) in [6, 6.07) is 7.14. The molecule has 0 aliphatic heterocycles. The average molecular weight is 417 g/mol. The summed E-state index contributed by atoms with van der Waals surface area (Å²) >= 11 is 0. The first-order valence-electron chi connectivity index (χ1n) is 12.3. The maximum Gasteiger partial charge on any atom is 0.335 e. The van der Waals surface area contributed by atoms with E-state index in [1.54, 1.807) is 12.1 Å². The summed E-state index contributed by atoms with van der Waals surface area (Å²) in [5.74, 6) is 0.876. The highest BCUT2D eigenvalue weighted by Gasteiger charge is 2.00. The number of rotatable bonds is 20. The molecule has 170 valence electrons. The number of benzene rings is 1. The summed E-state index contributed by atoms with van der Waals surface area (Å²) < 4.78 is 10.8. The molecule has 0 unspecified atom stereocenters. The van der Waals surface area contributed by atoms with Gasteiger partial charge in [0, 0.05) is 6.08 Å². The normalized spacial score (nSPS) is 10.7. The van der Waals surface area contributed by atoms with E-state index in [4.69, 9.17) is 9.47 Å². The molecular formula is C27H44O3. The molecule has 0 saturated carbocycles. The minimum absolute atomic E-state index is 0.447. The van der Waals surface area contributed by atoms with Crippen molar-refractivity contribution in [3.05, 3.63) is 36.9 Å². The van der Waals surface area contributed by atoms with E-state index in [-0.39, 0.29) is 0 Å². The molecular weight excluding hydrogens is 372 g/mol. The minimum atomic E-state index is -0.447. The lowest BCUT2D eigenvalue weighted by Crippen LogP contribution is -2.03. The van der Waals surface area contributed by atoms with Crippen LogP contribution in [0.25, 0.3) is 0 Å². The number of carbonyl (C=O) groups excluding carboxylic acids is 1. The molecule has 0 atom stereocenters. The Hall–Kier alpha value is -1.77. The Balaban J connectivity index is 1.83. The second-order valence-corrected chi connectivity index (χ2v) is 8.25. The van der Waals surface area contributed by atoms with E-state index in [1.807, 2.05) is 12.1 Å². The Bertz CT molecular complexity index is 536. The van der Waals surface area contributed by atoms with Gasteiger partial charge < -0.3 is 9.47 Å². The molecule has 0 fully saturated rings. The second kappa shape index (κ2) is 19.2. The van der Waals surface area contributed by atoms with E-state index in [0.717, 1.165) is 24.9 Å². The van der Waals surface area contributed by atoms with Crippen LogP contribution in [0.3, 0.4) is 0 Å². The molecule has 0 amide bonds. The molecule has 1 aromatic carbocycles. The fourth-order valence-electron chi connectivity index (χ4n) is 3.60. The van der Waals surface area contributed by atoms with Crippen molar-refractivity contribution in [2.24, 2.45) is 0 Å². The molecule has 0 aliphatic rings. The lowest BCUT2D eigenvalue weighted by Gasteiger charge is -2.07. The molecule has 0 spiro atoms. The standard InChI is InChI=1S/C27H44O3/c1-3-5-6-7-8-9-10-11-12-13-14-15-16-17-18-19-24-29-25-20-22-26(23-21-25)30-27(28)4-2/h4,20-23H,2-3,5-19,24H2,1H3. The van der Waals surface area contributed by atoms with E-state index in [1.165, 1.54) is 96.3 Å². The molecule has 0 aliphatic carbocycles. The van der Waals surface area contributed by atoms with Crippen molar-refractivity contribution in [1.29, 1.82) is 0 Å². The number of hydrogen-bond donors (Lipinski definition) is 0. The van der Waals surface area contributed by atoms with E-state index in [2.05, 4.69) is 13.5 Å². The van der Waals surface area contributed by atoms with Crippen molar-refractivity contribution in [2.75, 3.05) is 6.61 Å². The highest BCUT2D eigenvalue weighted by molar-refractivity contribution is 5.83. The predicted octanol–water partition coefficient (Wildman–Crippen LogP) is 8.42. The van der Waals surface area contributed by atoms with Crippen LogP contribution in [0.4, 0.5) is 0 Å². The van der Waals surface area contributed by atoms with Gasteiger partial charge in [-0.05, 0) is 30.7 Å². The van der Waals surface area contributed by atoms with Crippen LogP contribution in [-0.2, 0) is 4.79 Å². The molecule has 0 bridgehead atoms. The summed E-state index contributed by atoms with van der Waals surface area (Å²) in [7, 11) is 0. The molecule has 0 N–H and O–H groups in total. The molecule has 0 saturated heterocycles. The van der Waals surface area contributed by atoms with Crippen LogP contribution in [0.2, 0.25) is 0 Å². The van der Waals surface area contributed by atoms with Gasteiger partial charge in [0.05, 0.1) is 6.61 Å². The van der Waals surface area contributed by atoms with Gasteiger partial charge >= 0.3 is 5.97 Å². The summed E-state index contributed by atoms with van der Waals surface area (Å²) in [4.78, 5) is 11.1. The maximum atomic E-state index is 11.1. The van der Waals surface area contributed by atoms with Crippen LogP contribution in [0.5, 0.6) is 11.5 Å². The Labute approximate surface area is 185 Å². The third-order valence-electron chi connectivity index (χ3n) is 5.48. The van der Waals surface area contributed by atoms with Crippen molar-refractivity contribution in [3.8, 4) is 11.5 Å². The fourth-order valence-corrected chi connectivity index (χ4v) is 3.60. The van der Waals surface area contributed by atoms with Crippen LogP contribution >= 0.6 is 0 Å². The van der Waals surface area contributed by atoms with Gasteiger partial charge in [0.25, 0.3) is 0 Å². The molecule has 0 heterocycles. The largest absolute Gasteiger partial charge is 0.494 e. The van der Waals surface area contributed by atoms with Crippen LogP contribution in [0.15, 0.2) is 36.9 Å². The third-order valence-corrected chi connectivity index (χ3v) is 5.48. The van der Waals surface area contributed by atoms with Crippen LogP contribution < -0.4 is 9.47 Å². The summed E-state index contributed by atoms with van der Waals surface area (Å²) in [5.41, 5.74) is 0. The molecule has 1 aromatic rings. The Morgan fingerprint density at radius 3 is 1.53 bits per heavy atom. The van der Waals surface area contributed by atoms with Gasteiger partial charge in [0.15, 0.2) is 0 Å². The van der Waals surface area contributed by atoms with Gasteiger partial charge in [-0.1, -0.05) is 110 Å². The molecule has 3 nitrogen and oxygen atoms in total. The van der Waals surface area contributed by atoms with E-state index in [9.17, 15) is 4.79 Å². The maximum absolute atomic E-state index is 11.1. The lowest BCUT2D eigenvalue weighted by molar-refractivity contribution is -0.128. The Morgan fingerprint density at radius 1 is 0.700 bits per heavy atom. The minimum Gasteiger partial charge on any atom is -0.494 e. The highest BCUT2D eigenvalue weighted by atomic mass is 16.5. The molecule has 0 aromatic heterocycles. The fraction of sp³-hybridized carbons (Fsp3) is 0.667. The average Bonchev–Trinajstić information content (AvgIpc) is 2.77. The Kier molecular flexibility index (Phi) is 16.8. The first kappa shape index (κ1) is 26.3. The zero-order valence-corrected chi connectivity index (χ0v) is 19.3. The van der Waals surface area contributed by atoms with E-state index >= 15 is 0 Å². The topological polar surface area (TPSA) is 35.5 Å². The first-order valence-corrected chi connectivity index (χ1v) is 12.3. The van der Waals surface area contributed by atoms with Crippen LogP contribution in [-0.4, -0.2) is 12.6 Å². The zero-order chi connectivity index (χ0) is 21.7. The van der Waals surface area contributed by atoms with Gasteiger partial charge in [-0.25, -0.2) is 4.79 Å². The monoisotopic (exact) mass is 416 g/mol. The van der Waals surface area contributed by atoms with Gasteiger partial charge in [-0.15, -0.1) is 0 Å². The number of hydrogen-bond acceptors (Lipinski definition) is 3. The van der Waals surface area contributed by atoms with Crippen molar-refractivity contribution >= 4 is 5.97 Å². The zero-order valence-electron chi connectivity index (χ0n) is 19.3. The highest BCUT2D eigenvalue weighted by Crippen LogP contribution is 2.18. The molecule has 3 heteroatoms. The number of unbranched alkanes of at least 4 members (excludes halogenated alkanes) is 15. The quantitative estimate of drug-likeness (QED) is 0.0926. The van der Waals surface area contributed by atoms with Crippen molar-refractivity contribution in [2.45, 2.75) is 110 Å².